The third kappa shape index (κ3) is 4.95. The van der Waals surface area contributed by atoms with Crippen molar-refractivity contribution in [2.45, 2.75) is 52.0 Å². The van der Waals surface area contributed by atoms with Crippen LogP contribution in [0.5, 0.6) is 11.5 Å². The van der Waals surface area contributed by atoms with Gasteiger partial charge in [0.1, 0.15) is 11.5 Å². The van der Waals surface area contributed by atoms with Crippen LogP contribution in [0.4, 0.5) is 11.4 Å². The smallest absolute Gasteiger partial charge is 0.229 e. The molecule has 0 spiro atoms. The Morgan fingerprint density at radius 3 is 2.47 bits per heavy atom. The lowest BCUT2D eigenvalue weighted by Crippen LogP contribution is -2.36. The van der Waals surface area contributed by atoms with Crippen molar-refractivity contribution < 1.29 is 23.8 Å². The fraction of sp³-hybridized carbons (Fsp3) is 0.667. The summed E-state index contributed by atoms with van der Waals surface area (Å²) in [5.41, 5.74) is 1.53. The van der Waals surface area contributed by atoms with E-state index >= 15 is 0 Å². The molecule has 8 nitrogen and oxygen atoms in total. The van der Waals surface area contributed by atoms with Gasteiger partial charge in [0.05, 0.1) is 43.7 Å². The molecule has 2 aliphatic heterocycles. The number of hydrogen-bond donors (Lipinski definition) is 1. The van der Waals surface area contributed by atoms with Crippen molar-refractivity contribution >= 4 is 23.2 Å². The van der Waals surface area contributed by atoms with Gasteiger partial charge >= 0.3 is 0 Å². The van der Waals surface area contributed by atoms with Crippen molar-refractivity contribution in [1.29, 1.82) is 0 Å². The summed E-state index contributed by atoms with van der Waals surface area (Å²) in [6.07, 6.45) is 4.71. The molecule has 176 valence electrons. The lowest BCUT2D eigenvalue weighted by molar-refractivity contribution is -0.129. The standard InChI is InChI=1S/C24H35N3O5/c1-3-31-21-15-20(26-9-11-30-12-10-26)22(32-4-2)14-19(21)25-24(29)17-13-23(28)27(16-17)18-7-5-6-8-18/h14-15,17-18H,3-13,16H2,1-2H3,(H,25,29)/t17-/m0/s1. The van der Waals surface area contributed by atoms with Gasteiger partial charge in [-0.1, -0.05) is 12.8 Å². The summed E-state index contributed by atoms with van der Waals surface area (Å²) in [7, 11) is 0. The number of rotatable bonds is 8. The summed E-state index contributed by atoms with van der Waals surface area (Å²) in [5.74, 6) is 0.944. The largest absolute Gasteiger partial charge is 0.492 e. The van der Waals surface area contributed by atoms with E-state index in [4.69, 9.17) is 14.2 Å². The summed E-state index contributed by atoms with van der Waals surface area (Å²) in [4.78, 5) is 29.8. The van der Waals surface area contributed by atoms with E-state index in [9.17, 15) is 9.59 Å². The molecule has 1 aromatic carbocycles. The minimum Gasteiger partial charge on any atom is -0.492 e. The van der Waals surface area contributed by atoms with E-state index in [1.807, 2.05) is 30.9 Å². The third-order valence-electron chi connectivity index (χ3n) is 6.57. The Balaban J connectivity index is 1.53. The molecule has 2 heterocycles. The third-order valence-corrected chi connectivity index (χ3v) is 6.57. The molecule has 2 amide bonds. The fourth-order valence-electron chi connectivity index (χ4n) is 4.96. The van der Waals surface area contributed by atoms with Crippen molar-refractivity contribution in [2.75, 3.05) is 56.3 Å². The number of morpholine rings is 1. The molecule has 2 saturated heterocycles. The first kappa shape index (κ1) is 22.7. The van der Waals surface area contributed by atoms with Crippen molar-refractivity contribution in [3.05, 3.63) is 12.1 Å². The van der Waals surface area contributed by atoms with Crippen molar-refractivity contribution in [2.24, 2.45) is 5.92 Å². The summed E-state index contributed by atoms with van der Waals surface area (Å²) in [6, 6.07) is 4.10. The molecule has 0 radical (unpaired) electrons. The zero-order chi connectivity index (χ0) is 22.5. The summed E-state index contributed by atoms with van der Waals surface area (Å²) < 4.78 is 17.3. The van der Waals surface area contributed by atoms with Gasteiger partial charge in [-0.25, -0.2) is 0 Å². The molecule has 1 atom stereocenters. The van der Waals surface area contributed by atoms with Crippen LogP contribution in [0.3, 0.4) is 0 Å². The van der Waals surface area contributed by atoms with E-state index in [-0.39, 0.29) is 24.2 Å². The van der Waals surface area contributed by atoms with Crippen LogP contribution in [0.25, 0.3) is 0 Å². The SMILES string of the molecule is CCOc1cc(N2CCOCC2)c(OCC)cc1NC(=O)[C@H]1CC(=O)N(C2CCCC2)C1. The second-order valence-electron chi connectivity index (χ2n) is 8.66. The summed E-state index contributed by atoms with van der Waals surface area (Å²) in [6.45, 7) is 8.26. The van der Waals surface area contributed by atoms with E-state index in [0.29, 0.717) is 56.2 Å². The van der Waals surface area contributed by atoms with Crippen LogP contribution in [-0.4, -0.2) is 68.8 Å². The highest BCUT2D eigenvalue weighted by Gasteiger charge is 2.39. The van der Waals surface area contributed by atoms with Crippen LogP contribution in [0.1, 0.15) is 46.0 Å². The number of hydrogen-bond acceptors (Lipinski definition) is 6. The molecule has 1 saturated carbocycles. The molecule has 3 fully saturated rings. The number of ether oxygens (including phenoxy) is 3. The van der Waals surface area contributed by atoms with Crippen LogP contribution >= 0.6 is 0 Å². The Kier molecular flexibility index (Phi) is 7.40. The molecule has 1 aromatic rings. The molecule has 1 aliphatic carbocycles. The number of carbonyl (C=O) groups excluding carboxylic acids is 2. The molecular weight excluding hydrogens is 410 g/mol. The molecule has 8 heteroatoms. The minimum absolute atomic E-state index is 0.0970. The highest BCUT2D eigenvalue weighted by molar-refractivity contribution is 5.98. The van der Waals surface area contributed by atoms with Crippen LogP contribution < -0.4 is 19.7 Å². The molecular formula is C24H35N3O5. The number of benzene rings is 1. The van der Waals surface area contributed by atoms with E-state index in [1.54, 1.807) is 0 Å². The quantitative estimate of drug-likeness (QED) is 0.663. The number of nitrogens with one attached hydrogen (secondary N) is 1. The second-order valence-corrected chi connectivity index (χ2v) is 8.66. The molecule has 32 heavy (non-hydrogen) atoms. The maximum absolute atomic E-state index is 13.1. The number of nitrogens with zero attached hydrogens (tertiary/aromatic N) is 2. The fourth-order valence-corrected chi connectivity index (χ4v) is 4.96. The van der Waals surface area contributed by atoms with Gasteiger partial charge in [-0.05, 0) is 26.7 Å². The van der Waals surface area contributed by atoms with Crippen LogP contribution in [-0.2, 0) is 14.3 Å². The van der Waals surface area contributed by atoms with Gasteiger partial charge in [0, 0.05) is 44.2 Å². The second kappa shape index (κ2) is 10.4. The van der Waals surface area contributed by atoms with Crippen LogP contribution in [0, 0.1) is 5.92 Å². The van der Waals surface area contributed by atoms with Gasteiger partial charge in [0.15, 0.2) is 0 Å². The first-order valence-corrected chi connectivity index (χ1v) is 12.0. The van der Waals surface area contributed by atoms with Gasteiger partial charge in [0.2, 0.25) is 11.8 Å². The monoisotopic (exact) mass is 445 g/mol. The lowest BCUT2D eigenvalue weighted by Gasteiger charge is -2.31. The maximum Gasteiger partial charge on any atom is 0.229 e. The van der Waals surface area contributed by atoms with Crippen molar-refractivity contribution in [3.63, 3.8) is 0 Å². The number of carbonyl (C=O) groups is 2. The Morgan fingerprint density at radius 2 is 1.78 bits per heavy atom. The normalized spacial score (nSPS) is 21.8. The van der Waals surface area contributed by atoms with E-state index in [2.05, 4.69) is 10.2 Å². The molecule has 1 N–H and O–H groups in total. The van der Waals surface area contributed by atoms with Crippen LogP contribution in [0.15, 0.2) is 12.1 Å². The predicted molar refractivity (Wildman–Crippen MR) is 123 cm³/mol. The van der Waals surface area contributed by atoms with Crippen molar-refractivity contribution in [3.8, 4) is 11.5 Å². The van der Waals surface area contributed by atoms with Gasteiger partial charge in [-0.15, -0.1) is 0 Å². The summed E-state index contributed by atoms with van der Waals surface area (Å²) in [5, 5.41) is 3.03. The van der Waals surface area contributed by atoms with Gasteiger partial charge in [0.25, 0.3) is 0 Å². The first-order chi connectivity index (χ1) is 15.6. The molecule has 0 bridgehead atoms. The molecule has 4 rings (SSSR count). The van der Waals surface area contributed by atoms with Crippen molar-refractivity contribution in [1.82, 2.24) is 4.90 Å². The average molecular weight is 446 g/mol. The Bertz CT molecular complexity index is 818. The topological polar surface area (TPSA) is 80.3 Å². The van der Waals surface area contributed by atoms with E-state index < -0.39 is 0 Å². The lowest BCUT2D eigenvalue weighted by atomic mass is 10.1. The maximum atomic E-state index is 13.1. The highest BCUT2D eigenvalue weighted by atomic mass is 16.5. The average Bonchev–Trinajstić information content (AvgIpc) is 3.46. The zero-order valence-corrected chi connectivity index (χ0v) is 19.2. The number of likely N-dealkylation sites (tertiary alicyclic amines) is 1. The van der Waals surface area contributed by atoms with E-state index in [0.717, 1.165) is 31.6 Å². The van der Waals surface area contributed by atoms with Gasteiger partial charge in [-0.3, -0.25) is 9.59 Å². The molecule has 0 unspecified atom stereocenters. The first-order valence-electron chi connectivity index (χ1n) is 12.0. The zero-order valence-electron chi connectivity index (χ0n) is 19.2. The van der Waals surface area contributed by atoms with E-state index in [1.165, 1.54) is 12.8 Å². The number of amides is 2. The molecule has 0 aromatic heterocycles. The Morgan fingerprint density at radius 1 is 1.09 bits per heavy atom. The minimum atomic E-state index is -0.341. The Hall–Kier alpha value is -2.48. The van der Waals surface area contributed by atoms with Crippen LogP contribution in [0.2, 0.25) is 0 Å². The summed E-state index contributed by atoms with van der Waals surface area (Å²) >= 11 is 0. The molecule has 3 aliphatic rings. The Labute approximate surface area is 190 Å². The van der Waals surface area contributed by atoms with Gasteiger partial charge < -0.3 is 29.3 Å². The number of anilines is 2. The predicted octanol–water partition coefficient (Wildman–Crippen LogP) is 3.05. The van der Waals surface area contributed by atoms with Gasteiger partial charge in [-0.2, -0.15) is 0 Å². The highest BCUT2D eigenvalue weighted by Crippen LogP contribution is 2.40.